The van der Waals surface area contributed by atoms with Crippen molar-refractivity contribution in [3.63, 3.8) is 0 Å². The summed E-state index contributed by atoms with van der Waals surface area (Å²) in [6, 6.07) is 9.25. The molecule has 2 aromatic carbocycles. The number of methoxy groups -OCH3 is 1. The van der Waals surface area contributed by atoms with E-state index in [9.17, 15) is 4.79 Å². The topological polar surface area (TPSA) is 58.6 Å². The first-order chi connectivity index (χ1) is 8.19. The molecule has 2 rings (SSSR count). The molecule has 1 amide bonds. The number of hydroxylamine groups is 1. The highest BCUT2D eigenvalue weighted by atomic mass is 79.9. The molecule has 2 N–H and O–H groups in total. The molecule has 5 heteroatoms. The van der Waals surface area contributed by atoms with Crippen molar-refractivity contribution >= 4 is 32.6 Å². The first-order valence-electron chi connectivity index (χ1n) is 4.88. The van der Waals surface area contributed by atoms with Crippen molar-refractivity contribution in [2.45, 2.75) is 0 Å². The molecule has 0 heterocycles. The minimum Gasteiger partial charge on any atom is -0.495 e. The minimum atomic E-state index is -0.603. The molecule has 0 radical (unpaired) electrons. The van der Waals surface area contributed by atoms with Crippen LogP contribution in [0.2, 0.25) is 0 Å². The van der Waals surface area contributed by atoms with Gasteiger partial charge >= 0.3 is 0 Å². The summed E-state index contributed by atoms with van der Waals surface area (Å²) in [5.74, 6) is -0.205. The highest BCUT2D eigenvalue weighted by Crippen LogP contribution is 2.36. The lowest BCUT2D eigenvalue weighted by molar-refractivity contribution is 0.0703. The number of hydrogen-bond donors (Lipinski definition) is 2. The van der Waals surface area contributed by atoms with Crippen LogP contribution in [0.4, 0.5) is 0 Å². The van der Waals surface area contributed by atoms with Gasteiger partial charge in [0.05, 0.1) is 17.1 Å². The first kappa shape index (κ1) is 11.9. The maximum absolute atomic E-state index is 11.5. The molecule has 88 valence electrons. The Morgan fingerprint density at radius 3 is 2.76 bits per heavy atom. The second-order valence-corrected chi connectivity index (χ2v) is 4.23. The van der Waals surface area contributed by atoms with Crippen LogP contribution in [0.1, 0.15) is 10.4 Å². The van der Waals surface area contributed by atoms with Crippen molar-refractivity contribution in [3.05, 3.63) is 40.4 Å². The van der Waals surface area contributed by atoms with Crippen molar-refractivity contribution in [2.24, 2.45) is 0 Å². The van der Waals surface area contributed by atoms with Gasteiger partial charge in [-0.3, -0.25) is 10.0 Å². The predicted molar refractivity (Wildman–Crippen MR) is 67.5 cm³/mol. The van der Waals surface area contributed by atoms with Gasteiger partial charge in [-0.05, 0) is 32.8 Å². The van der Waals surface area contributed by atoms with Gasteiger partial charge in [0.2, 0.25) is 0 Å². The third kappa shape index (κ3) is 1.99. The maximum Gasteiger partial charge on any atom is 0.278 e. The molecule has 17 heavy (non-hydrogen) atoms. The average Bonchev–Trinajstić information content (AvgIpc) is 2.37. The van der Waals surface area contributed by atoms with E-state index in [-0.39, 0.29) is 5.56 Å². The number of benzene rings is 2. The fraction of sp³-hybridized carbons (Fsp3) is 0.0833. The van der Waals surface area contributed by atoms with Crippen molar-refractivity contribution in [3.8, 4) is 5.75 Å². The van der Waals surface area contributed by atoms with Gasteiger partial charge in [0.25, 0.3) is 5.91 Å². The second kappa shape index (κ2) is 4.73. The van der Waals surface area contributed by atoms with Crippen LogP contribution < -0.4 is 10.2 Å². The zero-order valence-corrected chi connectivity index (χ0v) is 10.6. The number of fused-ring (bicyclic) bond motifs is 1. The van der Waals surface area contributed by atoms with E-state index in [2.05, 4.69) is 15.9 Å². The van der Waals surface area contributed by atoms with Gasteiger partial charge in [0.15, 0.2) is 0 Å². The Bertz CT molecular complexity index is 583. The monoisotopic (exact) mass is 295 g/mol. The van der Waals surface area contributed by atoms with Gasteiger partial charge in [0.1, 0.15) is 5.75 Å². The van der Waals surface area contributed by atoms with E-state index in [1.807, 2.05) is 24.3 Å². The van der Waals surface area contributed by atoms with Crippen LogP contribution in [0.15, 0.2) is 34.8 Å². The largest absolute Gasteiger partial charge is 0.495 e. The van der Waals surface area contributed by atoms with Crippen LogP contribution in [-0.2, 0) is 0 Å². The molecule has 0 aliphatic heterocycles. The van der Waals surface area contributed by atoms with E-state index in [1.165, 1.54) is 7.11 Å². The Morgan fingerprint density at radius 2 is 2.12 bits per heavy atom. The van der Waals surface area contributed by atoms with Crippen LogP contribution in [0.5, 0.6) is 5.75 Å². The number of hydrogen-bond acceptors (Lipinski definition) is 3. The lowest BCUT2D eigenvalue weighted by Gasteiger charge is -2.11. The van der Waals surface area contributed by atoms with Crippen LogP contribution in [0, 0.1) is 0 Å². The number of rotatable bonds is 2. The molecule has 0 aromatic heterocycles. The molecule has 2 aromatic rings. The quantitative estimate of drug-likeness (QED) is 0.662. The summed E-state index contributed by atoms with van der Waals surface area (Å²) in [6.45, 7) is 0. The number of ether oxygens (including phenoxy) is 1. The van der Waals surface area contributed by atoms with Crippen molar-refractivity contribution in [1.82, 2.24) is 5.48 Å². The Hall–Kier alpha value is -1.59. The number of carbonyl (C=O) groups is 1. The summed E-state index contributed by atoms with van der Waals surface area (Å²) >= 11 is 3.40. The van der Waals surface area contributed by atoms with E-state index in [1.54, 1.807) is 11.5 Å². The minimum absolute atomic E-state index is 0.278. The molecule has 0 unspecified atom stereocenters. The van der Waals surface area contributed by atoms with Crippen molar-refractivity contribution in [2.75, 3.05) is 7.11 Å². The summed E-state index contributed by atoms with van der Waals surface area (Å²) in [5, 5.41) is 10.5. The van der Waals surface area contributed by atoms with Crippen LogP contribution >= 0.6 is 15.9 Å². The SMILES string of the molecule is COc1c(C(=O)NO)cc2ccccc2c1Br. The van der Waals surface area contributed by atoms with Gasteiger partial charge in [0, 0.05) is 0 Å². The number of amides is 1. The van der Waals surface area contributed by atoms with Gasteiger partial charge in [-0.15, -0.1) is 0 Å². The summed E-state index contributed by atoms with van der Waals surface area (Å²) in [6.07, 6.45) is 0. The van der Waals surface area contributed by atoms with E-state index >= 15 is 0 Å². The summed E-state index contributed by atoms with van der Waals surface area (Å²) in [4.78, 5) is 11.5. The van der Waals surface area contributed by atoms with E-state index < -0.39 is 5.91 Å². The predicted octanol–water partition coefficient (Wildman–Crippen LogP) is 2.73. The number of halogens is 1. The smallest absolute Gasteiger partial charge is 0.278 e. The summed E-state index contributed by atoms with van der Waals surface area (Å²) < 4.78 is 5.88. The Morgan fingerprint density at radius 1 is 1.41 bits per heavy atom. The molecule has 0 fully saturated rings. The van der Waals surface area contributed by atoms with Gasteiger partial charge in [-0.1, -0.05) is 24.3 Å². The summed E-state index contributed by atoms with van der Waals surface area (Å²) in [7, 11) is 1.48. The fourth-order valence-corrected chi connectivity index (χ4v) is 2.45. The molecule has 0 aliphatic rings. The third-order valence-electron chi connectivity index (χ3n) is 2.49. The van der Waals surface area contributed by atoms with Gasteiger partial charge < -0.3 is 4.74 Å². The fourth-order valence-electron chi connectivity index (χ4n) is 1.71. The molecule has 4 nitrogen and oxygen atoms in total. The zero-order chi connectivity index (χ0) is 12.4. The first-order valence-corrected chi connectivity index (χ1v) is 5.68. The molecule has 0 atom stereocenters. The normalized spacial score (nSPS) is 10.3. The number of nitrogens with one attached hydrogen (secondary N) is 1. The van der Waals surface area contributed by atoms with Gasteiger partial charge in [-0.2, -0.15) is 0 Å². The Kier molecular flexibility index (Phi) is 3.31. The second-order valence-electron chi connectivity index (χ2n) is 3.43. The molecule has 0 bridgehead atoms. The Balaban J connectivity index is 2.79. The summed E-state index contributed by atoms with van der Waals surface area (Å²) in [5.41, 5.74) is 1.89. The molecule has 0 saturated heterocycles. The van der Waals surface area contributed by atoms with E-state index in [4.69, 9.17) is 9.94 Å². The number of carbonyl (C=O) groups excluding carboxylic acids is 1. The van der Waals surface area contributed by atoms with Crippen molar-refractivity contribution in [1.29, 1.82) is 0 Å². The van der Waals surface area contributed by atoms with Crippen LogP contribution in [-0.4, -0.2) is 18.2 Å². The molecular formula is C12H10BrNO3. The standard InChI is InChI=1S/C12H10BrNO3/c1-17-11-9(12(15)14-16)6-7-4-2-3-5-8(7)10(11)13/h2-6,16H,1H3,(H,14,15). The van der Waals surface area contributed by atoms with E-state index in [0.717, 1.165) is 10.8 Å². The lowest BCUT2D eigenvalue weighted by Crippen LogP contribution is -2.19. The van der Waals surface area contributed by atoms with E-state index in [0.29, 0.717) is 10.2 Å². The molecule has 0 spiro atoms. The molecular weight excluding hydrogens is 286 g/mol. The van der Waals surface area contributed by atoms with Crippen LogP contribution in [0.25, 0.3) is 10.8 Å². The Labute approximate surface area is 106 Å². The zero-order valence-electron chi connectivity index (χ0n) is 9.03. The highest BCUT2D eigenvalue weighted by molar-refractivity contribution is 9.10. The highest BCUT2D eigenvalue weighted by Gasteiger charge is 2.17. The third-order valence-corrected chi connectivity index (χ3v) is 3.28. The lowest BCUT2D eigenvalue weighted by atomic mass is 10.1. The van der Waals surface area contributed by atoms with Gasteiger partial charge in [-0.25, -0.2) is 5.48 Å². The maximum atomic E-state index is 11.5. The molecule has 0 saturated carbocycles. The van der Waals surface area contributed by atoms with Crippen LogP contribution in [0.3, 0.4) is 0 Å². The van der Waals surface area contributed by atoms with Crippen molar-refractivity contribution < 1.29 is 14.7 Å². The average molecular weight is 296 g/mol. The molecule has 0 aliphatic carbocycles.